The molecular formula is C12H23N3O2S. The number of amides is 2. The minimum Gasteiger partial charge on any atom is -0.393 e. The molecule has 104 valence electrons. The molecule has 0 aromatic heterocycles. The van der Waals surface area contributed by atoms with Gasteiger partial charge in [0.1, 0.15) is 0 Å². The van der Waals surface area contributed by atoms with Crippen molar-refractivity contribution < 1.29 is 9.59 Å². The molecule has 0 aliphatic carbocycles. The summed E-state index contributed by atoms with van der Waals surface area (Å²) in [4.78, 5) is 25.3. The molecule has 6 heteroatoms. The summed E-state index contributed by atoms with van der Waals surface area (Å²) < 4.78 is 0. The first-order valence-electron chi connectivity index (χ1n) is 6.11. The van der Waals surface area contributed by atoms with Crippen LogP contribution >= 0.6 is 12.2 Å². The van der Waals surface area contributed by atoms with Crippen molar-refractivity contribution in [1.82, 2.24) is 10.2 Å². The molecule has 0 bridgehead atoms. The second-order valence-electron chi connectivity index (χ2n) is 4.48. The molecule has 2 unspecified atom stereocenters. The molecular weight excluding hydrogens is 250 g/mol. The van der Waals surface area contributed by atoms with Crippen LogP contribution in [0.1, 0.15) is 26.7 Å². The van der Waals surface area contributed by atoms with Gasteiger partial charge in [-0.3, -0.25) is 9.59 Å². The third-order valence-electron chi connectivity index (χ3n) is 2.84. The first-order chi connectivity index (χ1) is 8.34. The monoisotopic (exact) mass is 273 g/mol. The molecule has 0 fully saturated rings. The first-order valence-corrected chi connectivity index (χ1v) is 6.51. The molecule has 0 spiro atoms. The van der Waals surface area contributed by atoms with Crippen LogP contribution in [-0.2, 0) is 9.59 Å². The molecule has 0 aromatic carbocycles. The van der Waals surface area contributed by atoms with Gasteiger partial charge in [-0.2, -0.15) is 0 Å². The van der Waals surface area contributed by atoms with Crippen molar-refractivity contribution in [2.24, 2.45) is 17.6 Å². The Morgan fingerprint density at radius 1 is 1.44 bits per heavy atom. The number of nitrogens with two attached hydrogens (primary N) is 1. The zero-order valence-electron chi connectivity index (χ0n) is 11.5. The van der Waals surface area contributed by atoms with Gasteiger partial charge < -0.3 is 16.0 Å². The highest BCUT2D eigenvalue weighted by Crippen LogP contribution is 2.11. The Morgan fingerprint density at radius 3 is 2.39 bits per heavy atom. The van der Waals surface area contributed by atoms with Gasteiger partial charge in [0.25, 0.3) is 0 Å². The Balaban J connectivity index is 4.56. The smallest absolute Gasteiger partial charge is 0.232 e. The Kier molecular flexibility index (Phi) is 7.50. The average Bonchev–Trinajstić information content (AvgIpc) is 2.33. The molecule has 0 saturated carbocycles. The van der Waals surface area contributed by atoms with E-state index in [1.54, 1.807) is 21.0 Å². The number of hydrogen-bond donors (Lipinski definition) is 2. The predicted molar refractivity (Wildman–Crippen MR) is 76.1 cm³/mol. The summed E-state index contributed by atoms with van der Waals surface area (Å²) in [5.74, 6) is -0.874. The van der Waals surface area contributed by atoms with Crippen molar-refractivity contribution in [2.75, 3.05) is 20.6 Å². The molecule has 0 rings (SSSR count). The summed E-state index contributed by atoms with van der Waals surface area (Å²) in [7, 11) is 3.25. The van der Waals surface area contributed by atoms with Crippen LogP contribution in [0.25, 0.3) is 0 Å². The van der Waals surface area contributed by atoms with Crippen LogP contribution in [0.3, 0.4) is 0 Å². The van der Waals surface area contributed by atoms with Crippen LogP contribution < -0.4 is 11.1 Å². The lowest BCUT2D eigenvalue weighted by Crippen LogP contribution is -2.43. The Labute approximate surface area is 114 Å². The lowest BCUT2D eigenvalue weighted by molar-refractivity contribution is -0.134. The third kappa shape index (κ3) is 5.00. The second kappa shape index (κ2) is 8.02. The number of carbonyl (C=O) groups is 2. The Morgan fingerprint density at radius 2 is 2.00 bits per heavy atom. The van der Waals surface area contributed by atoms with Crippen LogP contribution in [0.15, 0.2) is 0 Å². The van der Waals surface area contributed by atoms with Gasteiger partial charge in [0.2, 0.25) is 11.8 Å². The van der Waals surface area contributed by atoms with Crippen LogP contribution in [0.5, 0.6) is 0 Å². The van der Waals surface area contributed by atoms with Crippen LogP contribution in [-0.4, -0.2) is 42.3 Å². The van der Waals surface area contributed by atoms with Crippen molar-refractivity contribution >= 4 is 29.0 Å². The minimum atomic E-state index is -0.424. The van der Waals surface area contributed by atoms with Gasteiger partial charge >= 0.3 is 0 Å². The maximum Gasteiger partial charge on any atom is 0.232 e. The molecule has 0 aliphatic heterocycles. The molecule has 2 atom stereocenters. The summed E-state index contributed by atoms with van der Waals surface area (Å²) in [6.07, 6.45) is 1.49. The zero-order chi connectivity index (χ0) is 14.3. The number of carbonyl (C=O) groups excluding carboxylic acids is 2. The molecule has 3 N–H and O–H groups in total. The van der Waals surface area contributed by atoms with Gasteiger partial charge in [-0.25, -0.2) is 0 Å². The van der Waals surface area contributed by atoms with Crippen molar-refractivity contribution in [3.8, 4) is 0 Å². The summed E-state index contributed by atoms with van der Waals surface area (Å²) in [6, 6.07) is 0. The number of nitrogens with one attached hydrogen (secondary N) is 1. The molecule has 18 heavy (non-hydrogen) atoms. The molecule has 2 amide bonds. The first kappa shape index (κ1) is 16.8. The van der Waals surface area contributed by atoms with E-state index in [-0.39, 0.29) is 22.7 Å². The zero-order valence-corrected chi connectivity index (χ0v) is 12.3. The highest BCUT2D eigenvalue weighted by atomic mass is 32.1. The second-order valence-corrected chi connectivity index (χ2v) is 4.95. The van der Waals surface area contributed by atoms with Crippen molar-refractivity contribution in [1.29, 1.82) is 0 Å². The van der Waals surface area contributed by atoms with E-state index < -0.39 is 5.92 Å². The molecule has 0 radical (unpaired) electrons. The van der Waals surface area contributed by atoms with E-state index in [2.05, 4.69) is 5.32 Å². The molecule has 0 heterocycles. The van der Waals surface area contributed by atoms with Gasteiger partial charge in [0.15, 0.2) is 0 Å². The lowest BCUT2D eigenvalue weighted by atomic mass is 10.0. The van der Waals surface area contributed by atoms with E-state index in [9.17, 15) is 9.59 Å². The average molecular weight is 273 g/mol. The van der Waals surface area contributed by atoms with Gasteiger partial charge in [-0.15, -0.1) is 0 Å². The highest BCUT2D eigenvalue weighted by molar-refractivity contribution is 7.80. The Hall–Kier alpha value is -1.17. The van der Waals surface area contributed by atoms with Crippen molar-refractivity contribution in [3.63, 3.8) is 0 Å². The van der Waals surface area contributed by atoms with E-state index in [1.807, 2.05) is 6.92 Å². The quantitative estimate of drug-likeness (QED) is 0.664. The van der Waals surface area contributed by atoms with E-state index in [4.69, 9.17) is 18.0 Å². The largest absolute Gasteiger partial charge is 0.393 e. The summed E-state index contributed by atoms with van der Waals surface area (Å²) >= 11 is 4.92. The topological polar surface area (TPSA) is 75.4 Å². The fourth-order valence-corrected chi connectivity index (χ4v) is 1.99. The normalized spacial score (nSPS) is 13.6. The van der Waals surface area contributed by atoms with Gasteiger partial charge in [-0.1, -0.05) is 32.5 Å². The molecule has 5 nitrogen and oxygen atoms in total. The number of thiocarbonyl (C=S) groups is 1. The van der Waals surface area contributed by atoms with E-state index in [1.165, 1.54) is 4.90 Å². The number of rotatable bonds is 7. The van der Waals surface area contributed by atoms with Crippen LogP contribution in [0.4, 0.5) is 0 Å². The SMILES string of the molecule is CCCC(C(=O)N(C)CC(C)C(=O)NC)C(N)=S. The van der Waals surface area contributed by atoms with E-state index in [0.29, 0.717) is 13.0 Å². The summed E-state index contributed by atoms with van der Waals surface area (Å²) in [5.41, 5.74) is 5.58. The van der Waals surface area contributed by atoms with Crippen LogP contribution in [0.2, 0.25) is 0 Å². The molecule has 0 aliphatic rings. The fraction of sp³-hybridized carbons (Fsp3) is 0.750. The standard InChI is InChI=1S/C12H23N3O2S/c1-5-6-9(10(13)18)12(17)15(4)7-8(2)11(16)14-3/h8-9H,5-7H2,1-4H3,(H2,13,18)(H,14,16). The minimum absolute atomic E-state index is 0.0861. The maximum atomic E-state index is 12.1. The molecule has 0 aromatic rings. The Bertz CT molecular complexity index is 320. The number of hydrogen-bond acceptors (Lipinski definition) is 3. The van der Waals surface area contributed by atoms with Crippen molar-refractivity contribution in [3.05, 3.63) is 0 Å². The molecule has 0 saturated heterocycles. The summed E-state index contributed by atoms with van der Waals surface area (Å²) in [6.45, 7) is 4.12. The van der Waals surface area contributed by atoms with Crippen LogP contribution in [0, 0.1) is 11.8 Å². The van der Waals surface area contributed by atoms with Gasteiger partial charge in [0, 0.05) is 20.6 Å². The van der Waals surface area contributed by atoms with E-state index >= 15 is 0 Å². The van der Waals surface area contributed by atoms with Gasteiger partial charge in [-0.05, 0) is 6.42 Å². The van der Waals surface area contributed by atoms with Crippen molar-refractivity contribution in [2.45, 2.75) is 26.7 Å². The maximum absolute atomic E-state index is 12.1. The predicted octanol–water partition coefficient (Wildman–Crippen LogP) is 0.529. The highest BCUT2D eigenvalue weighted by Gasteiger charge is 2.25. The van der Waals surface area contributed by atoms with Gasteiger partial charge in [0.05, 0.1) is 16.8 Å². The fourth-order valence-electron chi connectivity index (χ4n) is 1.77. The lowest BCUT2D eigenvalue weighted by Gasteiger charge is -2.25. The number of nitrogens with zero attached hydrogens (tertiary/aromatic N) is 1. The summed E-state index contributed by atoms with van der Waals surface area (Å²) in [5, 5.41) is 2.56. The van der Waals surface area contributed by atoms with E-state index in [0.717, 1.165) is 6.42 Å². The third-order valence-corrected chi connectivity index (χ3v) is 3.12.